The van der Waals surface area contributed by atoms with Crippen molar-refractivity contribution in [3.63, 3.8) is 0 Å². The van der Waals surface area contributed by atoms with Crippen molar-refractivity contribution in [3.8, 4) is 0 Å². The van der Waals surface area contributed by atoms with E-state index in [1.165, 1.54) is 31.2 Å². The Hall–Kier alpha value is -5.70. The van der Waals surface area contributed by atoms with E-state index in [-0.39, 0.29) is 17.9 Å². The third-order valence-corrected chi connectivity index (χ3v) is 9.98. The van der Waals surface area contributed by atoms with Crippen LogP contribution in [0, 0.1) is 12.8 Å². The van der Waals surface area contributed by atoms with Gasteiger partial charge in [0.1, 0.15) is 12.5 Å². The summed E-state index contributed by atoms with van der Waals surface area (Å²) in [6, 6.07) is 25.8. The van der Waals surface area contributed by atoms with Crippen molar-refractivity contribution in [2.75, 3.05) is 5.32 Å². The molecule has 0 radical (unpaired) electrons. The zero-order chi connectivity index (χ0) is 41.9. The minimum atomic E-state index is -5.17. The van der Waals surface area contributed by atoms with E-state index in [0.29, 0.717) is 27.8 Å². The molecule has 3 N–H and O–H groups in total. The number of anilines is 1. The van der Waals surface area contributed by atoms with Gasteiger partial charge in [-0.3, -0.25) is 9.59 Å². The van der Waals surface area contributed by atoms with Gasteiger partial charge < -0.3 is 25.2 Å². The van der Waals surface area contributed by atoms with E-state index in [0.717, 1.165) is 5.56 Å². The molecule has 0 aliphatic carbocycles. The number of esters is 2. The molecule has 0 aromatic heterocycles. The Bertz CT molecular complexity index is 2120. The molecule has 0 saturated carbocycles. The maximum absolute atomic E-state index is 13.8. The molecule has 6 rings (SSSR count). The second-order valence-electron chi connectivity index (χ2n) is 14.7. The van der Waals surface area contributed by atoms with E-state index < -0.39 is 78.0 Å². The summed E-state index contributed by atoms with van der Waals surface area (Å²) in [5, 5.41) is 14.7. The molecular weight excluding hydrogens is 758 g/mol. The van der Waals surface area contributed by atoms with E-state index in [4.69, 9.17) is 9.47 Å². The Balaban J connectivity index is 0.000000218. The number of carbonyl (C=O) groups is 4. The number of halogens is 6. The Kier molecular flexibility index (Phi) is 12.2. The number of carbonyl (C=O) groups excluding carboxylic acids is 4. The second kappa shape index (κ2) is 16.4. The molecule has 15 heteroatoms. The number of rotatable bonds is 10. The average Bonchev–Trinajstić information content (AvgIpc) is 3.68. The van der Waals surface area contributed by atoms with Gasteiger partial charge >= 0.3 is 24.3 Å². The van der Waals surface area contributed by atoms with Crippen LogP contribution in [-0.4, -0.2) is 46.8 Å². The predicted molar refractivity (Wildman–Crippen MR) is 196 cm³/mol. The molecule has 4 atom stereocenters. The highest BCUT2D eigenvalue weighted by molar-refractivity contribution is 5.99. The lowest BCUT2D eigenvalue weighted by Crippen LogP contribution is -2.55. The minimum absolute atomic E-state index is 0.0214. The van der Waals surface area contributed by atoms with E-state index in [9.17, 15) is 50.6 Å². The van der Waals surface area contributed by atoms with Crippen LogP contribution in [-0.2, 0) is 31.1 Å². The van der Waals surface area contributed by atoms with E-state index in [2.05, 4.69) is 10.6 Å². The standard InChI is InChI=1S/C22H22F3NO3.C20H18F3NO4/c1-13-8-10-14(11-9-13)21(2,3)12-17(22(23,24)25)18(27)26-19-15-6-4-5-7-16(15)20(28)29-19;1-12(13-5-3-2-4-6-13)10-19(27,20(21,22)23)18(26)24-15-7-8-16-14(9-15)11-28-17(16)25/h4-11,17,19H,12H2,1-3H3,(H,26,27);2-9,12,27H,10-11H2,1H3,(H,24,26). The molecule has 0 spiro atoms. The molecule has 302 valence electrons. The molecule has 2 aliphatic rings. The van der Waals surface area contributed by atoms with Crippen LogP contribution in [0.1, 0.15) is 94.3 Å². The number of cyclic esters (lactones) is 2. The molecule has 2 aliphatic heterocycles. The monoisotopic (exact) mass is 798 g/mol. The van der Waals surface area contributed by atoms with Crippen LogP contribution < -0.4 is 10.6 Å². The Labute approximate surface area is 324 Å². The van der Waals surface area contributed by atoms with Crippen LogP contribution in [0.25, 0.3) is 0 Å². The highest BCUT2D eigenvalue weighted by Gasteiger charge is 2.60. The zero-order valence-electron chi connectivity index (χ0n) is 31.3. The van der Waals surface area contributed by atoms with E-state index in [1.54, 1.807) is 74.5 Å². The quantitative estimate of drug-likeness (QED) is 0.108. The van der Waals surface area contributed by atoms with E-state index >= 15 is 0 Å². The maximum atomic E-state index is 13.8. The highest BCUT2D eigenvalue weighted by Crippen LogP contribution is 2.41. The number of amides is 2. The first kappa shape index (κ1) is 42.4. The largest absolute Gasteiger partial charge is 0.457 e. The second-order valence-corrected chi connectivity index (χ2v) is 14.7. The summed E-state index contributed by atoms with van der Waals surface area (Å²) < 4.78 is 92.0. The maximum Gasteiger partial charge on any atom is 0.426 e. The van der Waals surface area contributed by atoms with Crippen molar-refractivity contribution in [3.05, 3.63) is 136 Å². The van der Waals surface area contributed by atoms with Gasteiger partial charge in [-0.25, -0.2) is 9.59 Å². The number of hydrogen-bond donors (Lipinski definition) is 3. The van der Waals surface area contributed by atoms with Crippen molar-refractivity contribution in [1.29, 1.82) is 0 Å². The number of hydrogen-bond acceptors (Lipinski definition) is 7. The smallest absolute Gasteiger partial charge is 0.426 e. The molecular formula is C42H40F6N2O7. The van der Waals surface area contributed by atoms with Crippen LogP contribution in [0.5, 0.6) is 0 Å². The molecule has 57 heavy (non-hydrogen) atoms. The Morgan fingerprint density at radius 3 is 2.09 bits per heavy atom. The third kappa shape index (κ3) is 9.65. The van der Waals surface area contributed by atoms with Gasteiger partial charge in [-0.1, -0.05) is 99.1 Å². The summed E-state index contributed by atoms with van der Waals surface area (Å²) in [7, 11) is 0. The van der Waals surface area contributed by atoms with Gasteiger partial charge in [-0.05, 0) is 60.1 Å². The summed E-state index contributed by atoms with van der Waals surface area (Å²) in [5.41, 5.74) is -0.811. The first-order valence-electron chi connectivity index (χ1n) is 17.8. The average molecular weight is 799 g/mol. The van der Waals surface area contributed by atoms with Crippen molar-refractivity contribution >= 4 is 29.4 Å². The summed E-state index contributed by atoms with van der Waals surface area (Å²) in [4.78, 5) is 48.4. The van der Waals surface area contributed by atoms with E-state index in [1.807, 2.05) is 19.1 Å². The minimum Gasteiger partial charge on any atom is -0.457 e. The topological polar surface area (TPSA) is 131 Å². The normalized spacial score (nSPS) is 17.1. The third-order valence-electron chi connectivity index (χ3n) is 9.98. The lowest BCUT2D eigenvalue weighted by Gasteiger charge is -2.31. The first-order chi connectivity index (χ1) is 26.6. The fourth-order valence-electron chi connectivity index (χ4n) is 6.60. The molecule has 2 heterocycles. The number of aryl methyl sites for hydroxylation is 1. The van der Waals surface area contributed by atoms with Gasteiger partial charge in [0.25, 0.3) is 5.91 Å². The van der Waals surface area contributed by atoms with Gasteiger partial charge in [0.05, 0.1) is 11.1 Å². The molecule has 0 saturated heterocycles. The SMILES string of the molecule is CC(CC(O)(C(=O)Nc1ccc2c(c1)COC2=O)C(F)(F)F)c1ccccc1.Cc1ccc(C(C)(C)CC(C(=O)NC2OC(=O)c3ccccc32)C(F)(F)F)cc1. The lowest BCUT2D eigenvalue weighted by molar-refractivity contribution is -0.252. The lowest BCUT2D eigenvalue weighted by atomic mass is 9.76. The molecule has 4 aromatic rings. The van der Waals surface area contributed by atoms with Gasteiger partial charge in [0, 0.05) is 23.2 Å². The number of aliphatic hydroxyl groups is 1. The number of alkyl halides is 6. The summed E-state index contributed by atoms with van der Waals surface area (Å²) >= 11 is 0. The van der Waals surface area contributed by atoms with Crippen LogP contribution in [0.3, 0.4) is 0 Å². The van der Waals surface area contributed by atoms with Crippen LogP contribution in [0.15, 0.2) is 97.1 Å². The van der Waals surface area contributed by atoms with Crippen molar-refractivity contribution in [2.45, 2.75) is 82.7 Å². The summed E-state index contributed by atoms with van der Waals surface area (Å²) in [6.45, 7) is 6.73. The predicted octanol–water partition coefficient (Wildman–Crippen LogP) is 8.61. The van der Waals surface area contributed by atoms with Crippen LogP contribution in [0.2, 0.25) is 0 Å². The molecule has 4 aromatic carbocycles. The van der Waals surface area contributed by atoms with Crippen LogP contribution in [0.4, 0.5) is 32.0 Å². The molecule has 9 nitrogen and oxygen atoms in total. The van der Waals surface area contributed by atoms with Gasteiger partial charge in [0.15, 0.2) is 0 Å². The summed E-state index contributed by atoms with van der Waals surface area (Å²) in [6.07, 6.45) is -12.4. The molecule has 4 unspecified atom stereocenters. The van der Waals surface area contributed by atoms with Gasteiger partial charge in [0.2, 0.25) is 17.7 Å². The highest BCUT2D eigenvalue weighted by atomic mass is 19.4. The van der Waals surface area contributed by atoms with Crippen molar-refractivity contribution in [1.82, 2.24) is 5.32 Å². The Morgan fingerprint density at radius 1 is 0.825 bits per heavy atom. The Morgan fingerprint density at radius 2 is 1.46 bits per heavy atom. The van der Waals surface area contributed by atoms with Gasteiger partial charge in [-0.15, -0.1) is 0 Å². The fraction of sp³-hybridized carbons (Fsp3) is 0.333. The molecule has 0 fully saturated rings. The number of ether oxygens (including phenoxy) is 2. The van der Waals surface area contributed by atoms with Crippen LogP contribution >= 0.6 is 0 Å². The number of nitrogens with one attached hydrogen (secondary N) is 2. The molecule has 0 bridgehead atoms. The van der Waals surface area contributed by atoms with Crippen molar-refractivity contribution in [2.24, 2.45) is 5.92 Å². The van der Waals surface area contributed by atoms with Crippen molar-refractivity contribution < 1.29 is 60.1 Å². The summed E-state index contributed by atoms with van der Waals surface area (Å²) in [5.74, 6) is -6.96. The van der Waals surface area contributed by atoms with Gasteiger partial charge in [-0.2, -0.15) is 26.3 Å². The molecule has 2 amide bonds. The number of fused-ring (bicyclic) bond motifs is 2. The zero-order valence-corrected chi connectivity index (χ0v) is 31.3. The number of benzene rings is 4. The fourth-order valence-corrected chi connectivity index (χ4v) is 6.60. The first-order valence-corrected chi connectivity index (χ1v) is 17.8.